The lowest BCUT2D eigenvalue weighted by molar-refractivity contribution is -0.123. The Morgan fingerprint density at radius 2 is 2.25 bits per heavy atom. The van der Waals surface area contributed by atoms with Crippen molar-refractivity contribution in [3.05, 3.63) is 29.6 Å². The Kier molecular flexibility index (Phi) is 5.35. The van der Waals surface area contributed by atoms with Gasteiger partial charge in [0.25, 0.3) is 5.91 Å². The minimum absolute atomic E-state index is 0.146. The van der Waals surface area contributed by atoms with Crippen LogP contribution in [0.3, 0.4) is 0 Å². The molecule has 110 valence electrons. The van der Waals surface area contributed by atoms with Crippen molar-refractivity contribution in [2.24, 2.45) is 5.92 Å². The summed E-state index contributed by atoms with van der Waals surface area (Å²) in [4.78, 5) is 11.6. The Morgan fingerprint density at radius 3 is 2.95 bits per heavy atom. The number of hydrogen-bond acceptors (Lipinski definition) is 3. The number of rotatable bonds is 8. The van der Waals surface area contributed by atoms with Gasteiger partial charge >= 0.3 is 0 Å². The lowest BCUT2D eigenvalue weighted by Crippen LogP contribution is -2.30. The Balaban J connectivity index is 1.87. The molecule has 0 saturated heterocycles. The van der Waals surface area contributed by atoms with Gasteiger partial charge in [0, 0.05) is 18.7 Å². The molecule has 2 rings (SSSR count). The highest BCUT2D eigenvalue weighted by Crippen LogP contribution is 2.27. The predicted molar refractivity (Wildman–Crippen MR) is 75.0 cm³/mol. The molecular formula is C15H21FN2O2. The number of halogens is 1. The minimum atomic E-state index is -0.435. The quantitative estimate of drug-likeness (QED) is 0.764. The van der Waals surface area contributed by atoms with Crippen LogP contribution in [0.25, 0.3) is 0 Å². The Hall–Kier alpha value is -1.62. The average Bonchev–Trinajstić information content (AvgIpc) is 3.26. The molecule has 0 radical (unpaired) electrons. The molecule has 1 aliphatic carbocycles. The van der Waals surface area contributed by atoms with Crippen LogP contribution in [0, 0.1) is 11.7 Å². The van der Waals surface area contributed by atoms with Crippen LogP contribution in [0.2, 0.25) is 0 Å². The smallest absolute Gasteiger partial charge is 0.257 e. The second-order valence-corrected chi connectivity index (χ2v) is 5.04. The minimum Gasteiger partial charge on any atom is -0.480 e. The summed E-state index contributed by atoms with van der Waals surface area (Å²) in [6.07, 6.45) is 2.36. The van der Waals surface area contributed by atoms with E-state index in [-0.39, 0.29) is 18.3 Å². The van der Waals surface area contributed by atoms with Gasteiger partial charge in [0.1, 0.15) is 0 Å². The van der Waals surface area contributed by atoms with E-state index < -0.39 is 5.82 Å². The molecule has 0 bridgehead atoms. The van der Waals surface area contributed by atoms with Gasteiger partial charge in [-0.25, -0.2) is 4.39 Å². The molecule has 2 N–H and O–H groups in total. The molecule has 0 aliphatic heterocycles. The summed E-state index contributed by atoms with van der Waals surface area (Å²) in [5.41, 5.74) is 0.724. The van der Waals surface area contributed by atoms with Crippen molar-refractivity contribution in [2.45, 2.75) is 26.3 Å². The molecule has 1 aliphatic rings. The van der Waals surface area contributed by atoms with E-state index in [9.17, 15) is 9.18 Å². The molecule has 0 unspecified atom stereocenters. The summed E-state index contributed by atoms with van der Waals surface area (Å²) >= 11 is 0. The third kappa shape index (κ3) is 4.49. The van der Waals surface area contributed by atoms with Crippen LogP contribution in [0.4, 0.5) is 4.39 Å². The summed E-state index contributed by atoms with van der Waals surface area (Å²) < 4.78 is 19.1. The highest BCUT2D eigenvalue weighted by atomic mass is 19.1. The van der Waals surface area contributed by atoms with Crippen LogP contribution in [-0.2, 0) is 11.3 Å². The number of nitrogens with one attached hydrogen (secondary N) is 2. The highest BCUT2D eigenvalue weighted by Gasteiger charge is 2.21. The highest BCUT2D eigenvalue weighted by molar-refractivity contribution is 5.77. The van der Waals surface area contributed by atoms with E-state index >= 15 is 0 Å². The molecule has 1 fully saturated rings. The Labute approximate surface area is 118 Å². The van der Waals surface area contributed by atoms with Gasteiger partial charge in [-0.05, 0) is 31.4 Å². The summed E-state index contributed by atoms with van der Waals surface area (Å²) in [7, 11) is 0. The molecular weight excluding hydrogens is 259 g/mol. The zero-order chi connectivity index (χ0) is 14.4. The second kappa shape index (κ2) is 7.24. The first kappa shape index (κ1) is 14.8. The summed E-state index contributed by atoms with van der Waals surface area (Å²) in [6, 6.07) is 4.78. The predicted octanol–water partition coefficient (Wildman–Crippen LogP) is 1.84. The number of hydrogen-bond donors (Lipinski definition) is 2. The second-order valence-electron chi connectivity index (χ2n) is 5.04. The molecule has 20 heavy (non-hydrogen) atoms. The van der Waals surface area contributed by atoms with Crippen molar-refractivity contribution < 1.29 is 13.9 Å². The van der Waals surface area contributed by atoms with E-state index in [1.165, 1.54) is 18.9 Å². The topological polar surface area (TPSA) is 50.4 Å². The third-order valence-corrected chi connectivity index (χ3v) is 3.25. The van der Waals surface area contributed by atoms with Gasteiger partial charge in [0.15, 0.2) is 18.2 Å². The molecule has 1 amide bonds. The maximum atomic E-state index is 13.8. The molecule has 5 heteroatoms. The van der Waals surface area contributed by atoms with Gasteiger partial charge < -0.3 is 15.4 Å². The number of carbonyl (C=O) groups excluding carboxylic acids is 1. The van der Waals surface area contributed by atoms with Gasteiger partial charge in [-0.1, -0.05) is 19.1 Å². The normalized spacial score (nSPS) is 14.1. The molecule has 0 spiro atoms. The van der Waals surface area contributed by atoms with Crippen LogP contribution in [-0.4, -0.2) is 25.6 Å². The largest absolute Gasteiger partial charge is 0.480 e. The number of amides is 1. The monoisotopic (exact) mass is 280 g/mol. The van der Waals surface area contributed by atoms with E-state index in [0.717, 1.165) is 12.1 Å². The SMILES string of the molecule is CCNCc1cccc(F)c1OCC(=O)NCC1CC1. The van der Waals surface area contributed by atoms with Crippen LogP contribution < -0.4 is 15.4 Å². The summed E-state index contributed by atoms with van der Waals surface area (Å²) in [5, 5.41) is 5.92. The lowest BCUT2D eigenvalue weighted by Gasteiger charge is -2.12. The van der Waals surface area contributed by atoms with Crippen molar-refractivity contribution in [2.75, 3.05) is 19.7 Å². The van der Waals surface area contributed by atoms with Gasteiger partial charge in [-0.3, -0.25) is 4.79 Å². The fraction of sp³-hybridized carbons (Fsp3) is 0.533. The van der Waals surface area contributed by atoms with E-state index in [1.54, 1.807) is 12.1 Å². The fourth-order valence-electron chi connectivity index (χ4n) is 1.88. The molecule has 1 saturated carbocycles. The number of benzene rings is 1. The molecule has 0 aromatic heterocycles. The van der Waals surface area contributed by atoms with Crippen molar-refractivity contribution >= 4 is 5.91 Å². The Morgan fingerprint density at radius 1 is 1.45 bits per heavy atom. The van der Waals surface area contributed by atoms with Crippen molar-refractivity contribution in [3.63, 3.8) is 0 Å². The Bertz CT molecular complexity index is 461. The van der Waals surface area contributed by atoms with Crippen LogP contribution >= 0.6 is 0 Å². The van der Waals surface area contributed by atoms with Gasteiger partial charge in [0.05, 0.1) is 0 Å². The van der Waals surface area contributed by atoms with Crippen molar-refractivity contribution in [1.29, 1.82) is 0 Å². The average molecular weight is 280 g/mol. The zero-order valence-electron chi connectivity index (χ0n) is 11.7. The lowest BCUT2D eigenvalue weighted by atomic mass is 10.2. The maximum Gasteiger partial charge on any atom is 0.257 e. The summed E-state index contributed by atoms with van der Waals surface area (Å²) in [6.45, 7) is 3.84. The van der Waals surface area contributed by atoms with E-state index in [0.29, 0.717) is 19.0 Å². The van der Waals surface area contributed by atoms with Crippen molar-refractivity contribution in [1.82, 2.24) is 10.6 Å². The number of carbonyl (C=O) groups is 1. The number of ether oxygens (including phenoxy) is 1. The molecule has 4 nitrogen and oxygen atoms in total. The van der Waals surface area contributed by atoms with Crippen LogP contribution in [0.5, 0.6) is 5.75 Å². The molecule has 0 atom stereocenters. The van der Waals surface area contributed by atoms with Gasteiger partial charge in [-0.15, -0.1) is 0 Å². The van der Waals surface area contributed by atoms with Crippen LogP contribution in [0.15, 0.2) is 18.2 Å². The first-order valence-electron chi connectivity index (χ1n) is 7.08. The first-order chi connectivity index (χ1) is 9.70. The molecule has 1 aromatic carbocycles. The molecule has 1 aromatic rings. The van der Waals surface area contributed by atoms with Crippen LogP contribution in [0.1, 0.15) is 25.3 Å². The standard InChI is InChI=1S/C15H21FN2O2/c1-2-17-9-12-4-3-5-13(16)15(12)20-10-14(19)18-8-11-6-7-11/h3-5,11,17H,2,6-10H2,1H3,(H,18,19). The zero-order valence-corrected chi connectivity index (χ0v) is 11.7. The van der Waals surface area contributed by atoms with Gasteiger partial charge in [0.2, 0.25) is 0 Å². The van der Waals surface area contributed by atoms with Crippen molar-refractivity contribution in [3.8, 4) is 5.75 Å². The first-order valence-corrected chi connectivity index (χ1v) is 7.08. The number of para-hydroxylation sites is 1. The fourth-order valence-corrected chi connectivity index (χ4v) is 1.88. The molecule has 0 heterocycles. The third-order valence-electron chi connectivity index (χ3n) is 3.25. The summed E-state index contributed by atoms with van der Waals surface area (Å²) in [5.74, 6) is 0.150. The van der Waals surface area contributed by atoms with E-state index in [2.05, 4.69) is 10.6 Å². The van der Waals surface area contributed by atoms with Gasteiger partial charge in [-0.2, -0.15) is 0 Å². The van der Waals surface area contributed by atoms with E-state index in [4.69, 9.17) is 4.74 Å². The maximum absolute atomic E-state index is 13.8. The van der Waals surface area contributed by atoms with E-state index in [1.807, 2.05) is 6.92 Å².